The van der Waals surface area contributed by atoms with E-state index in [-0.39, 0.29) is 6.42 Å². The number of carboxylic acids is 2. The van der Waals surface area contributed by atoms with Crippen LogP contribution >= 0.6 is 0 Å². The number of aliphatic carboxylic acids is 2. The molecule has 1 heterocycles. The molecule has 0 bridgehead atoms. The summed E-state index contributed by atoms with van der Waals surface area (Å²) in [6.45, 7) is 0. The van der Waals surface area contributed by atoms with E-state index in [0.29, 0.717) is 12.8 Å². The van der Waals surface area contributed by atoms with Crippen molar-refractivity contribution >= 4 is 17.9 Å². The second kappa shape index (κ2) is 4.59. The van der Waals surface area contributed by atoms with Crippen molar-refractivity contribution < 1.29 is 29.3 Å². The van der Waals surface area contributed by atoms with Crippen molar-refractivity contribution in [1.29, 1.82) is 0 Å². The van der Waals surface area contributed by atoms with Gasteiger partial charge >= 0.3 is 17.9 Å². The van der Waals surface area contributed by atoms with Gasteiger partial charge in [-0.15, -0.1) is 0 Å². The molecule has 2 aliphatic rings. The van der Waals surface area contributed by atoms with Crippen molar-refractivity contribution in [2.24, 2.45) is 11.8 Å². The maximum absolute atomic E-state index is 11.7. The Morgan fingerprint density at radius 3 is 2.22 bits per heavy atom. The molecule has 18 heavy (non-hydrogen) atoms. The zero-order chi connectivity index (χ0) is 13.3. The van der Waals surface area contributed by atoms with Gasteiger partial charge in [-0.3, -0.25) is 14.4 Å². The third kappa shape index (κ3) is 2.19. The number of esters is 1. The number of rotatable bonds is 3. The highest BCUT2D eigenvalue weighted by Crippen LogP contribution is 2.44. The Hall–Kier alpha value is -1.59. The average Bonchev–Trinajstić information content (AvgIpc) is 2.55. The molecule has 2 N–H and O–H groups in total. The number of ether oxygens (including phenoxy) is 1. The van der Waals surface area contributed by atoms with E-state index in [4.69, 9.17) is 14.9 Å². The Balaban J connectivity index is 2.17. The molecule has 1 atom stereocenters. The number of carbonyl (C=O) groups excluding carboxylic acids is 1. The predicted octanol–water partition coefficient (Wildman–Crippen LogP) is 1.04. The lowest BCUT2D eigenvalue weighted by atomic mass is 9.77. The standard InChI is InChI=1S/C12H16O6/c13-9(14)8(10(15)16)7-6-12(18-11(7)17)4-2-1-3-5-12/h7-8H,1-6H2,(H,13,14)(H,15,16). The van der Waals surface area contributed by atoms with Crippen molar-refractivity contribution in [3.05, 3.63) is 0 Å². The summed E-state index contributed by atoms with van der Waals surface area (Å²) in [5.74, 6) is -6.38. The molecule has 6 nitrogen and oxygen atoms in total. The lowest BCUT2D eigenvalue weighted by Gasteiger charge is -2.31. The average molecular weight is 256 g/mol. The van der Waals surface area contributed by atoms with Crippen molar-refractivity contribution in [1.82, 2.24) is 0 Å². The summed E-state index contributed by atoms with van der Waals surface area (Å²) in [7, 11) is 0. The van der Waals surface area contributed by atoms with Crippen LogP contribution < -0.4 is 0 Å². The lowest BCUT2D eigenvalue weighted by Crippen LogP contribution is -2.34. The zero-order valence-electron chi connectivity index (χ0n) is 9.92. The molecule has 2 rings (SSSR count). The van der Waals surface area contributed by atoms with Crippen LogP contribution in [0, 0.1) is 11.8 Å². The smallest absolute Gasteiger partial charge is 0.318 e. The highest BCUT2D eigenvalue weighted by molar-refractivity contribution is 5.98. The second-order valence-electron chi connectivity index (χ2n) is 5.13. The third-order valence-corrected chi connectivity index (χ3v) is 3.91. The van der Waals surface area contributed by atoms with Gasteiger partial charge in [0.05, 0.1) is 5.92 Å². The Bertz CT molecular complexity index is 368. The van der Waals surface area contributed by atoms with Gasteiger partial charge in [0.25, 0.3) is 0 Å². The van der Waals surface area contributed by atoms with E-state index in [2.05, 4.69) is 0 Å². The Morgan fingerprint density at radius 2 is 1.72 bits per heavy atom. The van der Waals surface area contributed by atoms with E-state index < -0.39 is 35.3 Å². The molecule has 0 amide bonds. The summed E-state index contributed by atoms with van der Waals surface area (Å²) in [4.78, 5) is 33.7. The maximum Gasteiger partial charge on any atom is 0.318 e. The molecule has 1 spiro atoms. The molecule has 0 aromatic carbocycles. The van der Waals surface area contributed by atoms with Crippen LogP contribution in [-0.4, -0.2) is 33.7 Å². The van der Waals surface area contributed by atoms with Crippen LogP contribution in [0.4, 0.5) is 0 Å². The van der Waals surface area contributed by atoms with Crippen molar-refractivity contribution in [2.45, 2.75) is 44.1 Å². The fourth-order valence-corrected chi connectivity index (χ4v) is 3.02. The zero-order valence-corrected chi connectivity index (χ0v) is 9.92. The Kier molecular flexibility index (Phi) is 3.28. The Labute approximate surface area is 104 Å². The van der Waals surface area contributed by atoms with E-state index in [1.54, 1.807) is 0 Å². The summed E-state index contributed by atoms with van der Waals surface area (Å²) in [6, 6.07) is 0. The lowest BCUT2D eigenvalue weighted by molar-refractivity contribution is -0.164. The van der Waals surface area contributed by atoms with Gasteiger partial charge < -0.3 is 14.9 Å². The molecule has 0 radical (unpaired) electrons. The maximum atomic E-state index is 11.7. The first kappa shape index (κ1) is 12.9. The predicted molar refractivity (Wildman–Crippen MR) is 58.8 cm³/mol. The molecule has 1 saturated carbocycles. The molecular weight excluding hydrogens is 240 g/mol. The fraction of sp³-hybridized carbons (Fsp3) is 0.750. The molecule has 0 aromatic rings. The van der Waals surface area contributed by atoms with Gasteiger partial charge in [0, 0.05) is 6.42 Å². The molecule has 0 aromatic heterocycles. The van der Waals surface area contributed by atoms with Crippen LogP contribution in [0.25, 0.3) is 0 Å². The number of hydrogen-bond acceptors (Lipinski definition) is 4. The van der Waals surface area contributed by atoms with Crippen molar-refractivity contribution in [2.75, 3.05) is 0 Å². The molecule has 1 aliphatic carbocycles. The summed E-state index contributed by atoms with van der Waals surface area (Å²) in [5.41, 5.74) is -0.608. The largest absolute Gasteiger partial charge is 0.481 e. The SMILES string of the molecule is O=C1OC2(CCCCC2)CC1C(C(=O)O)C(=O)O. The molecule has 2 fully saturated rings. The quantitative estimate of drug-likeness (QED) is 0.578. The highest BCUT2D eigenvalue weighted by atomic mass is 16.6. The molecule has 1 unspecified atom stereocenters. The number of carboxylic acid groups (broad SMARTS) is 2. The van der Waals surface area contributed by atoms with Crippen molar-refractivity contribution in [3.8, 4) is 0 Å². The topological polar surface area (TPSA) is 101 Å². The van der Waals surface area contributed by atoms with Crippen LogP contribution in [-0.2, 0) is 19.1 Å². The van der Waals surface area contributed by atoms with E-state index in [1.807, 2.05) is 0 Å². The van der Waals surface area contributed by atoms with E-state index in [9.17, 15) is 14.4 Å². The fourth-order valence-electron chi connectivity index (χ4n) is 3.02. The van der Waals surface area contributed by atoms with E-state index in [1.165, 1.54) is 0 Å². The number of hydrogen-bond donors (Lipinski definition) is 2. The highest BCUT2D eigenvalue weighted by Gasteiger charge is 2.53. The minimum atomic E-state index is -1.70. The third-order valence-electron chi connectivity index (χ3n) is 3.91. The van der Waals surface area contributed by atoms with Crippen LogP contribution in [0.15, 0.2) is 0 Å². The van der Waals surface area contributed by atoms with Gasteiger partial charge in [-0.2, -0.15) is 0 Å². The minimum absolute atomic E-state index is 0.217. The van der Waals surface area contributed by atoms with Crippen LogP contribution in [0.5, 0.6) is 0 Å². The second-order valence-corrected chi connectivity index (χ2v) is 5.13. The summed E-state index contributed by atoms with van der Waals surface area (Å²) < 4.78 is 5.32. The van der Waals surface area contributed by atoms with Gasteiger partial charge in [-0.1, -0.05) is 6.42 Å². The van der Waals surface area contributed by atoms with E-state index in [0.717, 1.165) is 19.3 Å². The van der Waals surface area contributed by atoms with Gasteiger partial charge in [0.2, 0.25) is 0 Å². The summed E-state index contributed by atoms with van der Waals surface area (Å²) in [6.07, 6.45) is 4.58. The molecule has 100 valence electrons. The van der Waals surface area contributed by atoms with E-state index >= 15 is 0 Å². The number of carbonyl (C=O) groups is 3. The Morgan fingerprint density at radius 1 is 1.17 bits per heavy atom. The van der Waals surface area contributed by atoms with Gasteiger partial charge in [-0.05, 0) is 25.7 Å². The minimum Gasteiger partial charge on any atom is -0.481 e. The molecule has 1 aliphatic heterocycles. The molecular formula is C12H16O6. The van der Waals surface area contributed by atoms with Gasteiger partial charge in [0.15, 0.2) is 5.92 Å². The monoisotopic (exact) mass is 256 g/mol. The summed E-state index contributed by atoms with van der Waals surface area (Å²) >= 11 is 0. The normalized spacial score (nSPS) is 26.3. The summed E-state index contributed by atoms with van der Waals surface area (Å²) in [5, 5.41) is 17.8. The first-order valence-corrected chi connectivity index (χ1v) is 6.14. The van der Waals surface area contributed by atoms with Crippen LogP contribution in [0.1, 0.15) is 38.5 Å². The van der Waals surface area contributed by atoms with Crippen molar-refractivity contribution in [3.63, 3.8) is 0 Å². The first-order valence-electron chi connectivity index (χ1n) is 6.14. The van der Waals surface area contributed by atoms with Crippen LogP contribution in [0.3, 0.4) is 0 Å². The van der Waals surface area contributed by atoms with Gasteiger partial charge in [0.1, 0.15) is 5.60 Å². The first-order chi connectivity index (χ1) is 8.45. The van der Waals surface area contributed by atoms with Crippen LogP contribution in [0.2, 0.25) is 0 Å². The molecule has 6 heteroatoms. The molecule has 1 saturated heterocycles. The van der Waals surface area contributed by atoms with Gasteiger partial charge in [-0.25, -0.2) is 0 Å².